The number of ether oxygens (including phenoxy) is 1. The van der Waals surface area contributed by atoms with E-state index in [2.05, 4.69) is 5.32 Å². The highest BCUT2D eigenvalue weighted by atomic mass is 16.5. The maximum Gasteiger partial charge on any atom is 0.338 e. The van der Waals surface area contributed by atoms with Gasteiger partial charge < -0.3 is 10.1 Å². The summed E-state index contributed by atoms with van der Waals surface area (Å²) in [5.74, 6) is -0.761. The molecule has 23 heavy (non-hydrogen) atoms. The molecule has 0 saturated heterocycles. The van der Waals surface area contributed by atoms with Crippen molar-refractivity contribution in [3.63, 3.8) is 0 Å². The Morgan fingerprint density at radius 1 is 0.957 bits per heavy atom. The van der Waals surface area contributed by atoms with Gasteiger partial charge in [-0.3, -0.25) is 4.79 Å². The summed E-state index contributed by atoms with van der Waals surface area (Å²) in [5.41, 5.74) is 2.55. The summed E-state index contributed by atoms with van der Waals surface area (Å²) in [6.07, 6.45) is 1.93. The summed E-state index contributed by atoms with van der Waals surface area (Å²) in [4.78, 5) is 23.4. The van der Waals surface area contributed by atoms with E-state index in [1.165, 1.54) is 0 Å². The van der Waals surface area contributed by atoms with E-state index in [0.29, 0.717) is 12.1 Å². The molecule has 0 spiro atoms. The average Bonchev–Trinajstić information content (AvgIpc) is 2.61. The average molecular weight is 311 g/mol. The van der Waals surface area contributed by atoms with E-state index >= 15 is 0 Å². The number of carbonyl (C=O) groups is 2. The van der Waals surface area contributed by atoms with E-state index in [1.807, 2.05) is 49.4 Å². The molecule has 0 unspecified atom stereocenters. The molecule has 120 valence electrons. The van der Waals surface area contributed by atoms with Crippen LogP contribution in [-0.2, 0) is 9.53 Å². The van der Waals surface area contributed by atoms with Crippen molar-refractivity contribution < 1.29 is 14.3 Å². The Morgan fingerprint density at radius 3 is 2.26 bits per heavy atom. The molecule has 1 N–H and O–H groups in total. The summed E-state index contributed by atoms with van der Waals surface area (Å²) in [5, 5.41) is 2.70. The van der Waals surface area contributed by atoms with E-state index < -0.39 is 5.97 Å². The van der Waals surface area contributed by atoms with Crippen molar-refractivity contribution in [2.75, 3.05) is 13.2 Å². The number of hydrogen-bond donors (Lipinski definition) is 1. The monoisotopic (exact) mass is 311 g/mol. The number of unbranched alkanes of at least 4 members (excludes halogenated alkanes) is 1. The summed E-state index contributed by atoms with van der Waals surface area (Å²) >= 11 is 0. The van der Waals surface area contributed by atoms with E-state index in [-0.39, 0.29) is 12.5 Å². The number of hydrogen-bond acceptors (Lipinski definition) is 3. The van der Waals surface area contributed by atoms with Gasteiger partial charge in [0.15, 0.2) is 6.61 Å². The predicted octanol–water partition coefficient (Wildman–Crippen LogP) is 3.43. The third-order valence-corrected chi connectivity index (χ3v) is 3.41. The lowest BCUT2D eigenvalue weighted by Crippen LogP contribution is -2.29. The van der Waals surface area contributed by atoms with Crippen molar-refractivity contribution in [3.8, 4) is 11.1 Å². The van der Waals surface area contributed by atoms with Gasteiger partial charge in [0.2, 0.25) is 0 Å². The van der Waals surface area contributed by atoms with E-state index in [1.54, 1.807) is 12.1 Å². The lowest BCUT2D eigenvalue weighted by molar-refractivity contribution is -0.124. The number of carbonyl (C=O) groups excluding carboxylic acids is 2. The minimum Gasteiger partial charge on any atom is -0.452 e. The van der Waals surface area contributed by atoms with Gasteiger partial charge in [-0.1, -0.05) is 55.8 Å². The number of nitrogens with one attached hydrogen (secondary N) is 1. The van der Waals surface area contributed by atoms with Gasteiger partial charge in [-0.05, 0) is 29.7 Å². The predicted molar refractivity (Wildman–Crippen MR) is 90.1 cm³/mol. The van der Waals surface area contributed by atoms with Crippen molar-refractivity contribution in [1.82, 2.24) is 5.32 Å². The van der Waals surface area contributed by atoms with Crippen LogP contribution in [0, 0.1) is 0 Å². The van der Waals surface area contributed by atoms with E-state index in [9.17, 15) is 9.59 Å². The van der Waals surface area contributed by atoms with Crippen LogP contribution in [0.2, 0.25) is 0 Å². The molecule has 0 aliphatic rings. The van der Waals surface area contributed by atoms with Gasteiger partial charge >= 0.3 is 5.97 Å². The molecule has 0 radical (unpaired) electrons. The van der Waals surface area contributed by atoms with Crippen LogP contribution < -0.4 is 5.32 Å². The highest BCUT2D eigenvalue weighted by Crippen LogP contribution is 2.19. The molecule has 0 aliphatic heterocycles. The van der Waals surface area contributed by atoms with Crippen molar-refractivity contribution in [3.05, 3.63) is 60.2 Å². The number of rotatable bonds is 7. The van der Waals surface area contributed by atoms with Gasteiger partial charge in [0, 0.05) is 6.54 Å². The first-order chi connectivity index (χ1) is 11.2. The molecule has 0 aromatic heterocycles. The standard InChI is InChI=1S/C19H21NO3/c1-2-3-13-20-18(21)14-23-19(22)17-11-9-16(10-12-17)15-7-5-4-6-8-15/h4-12H,2-3,13-14H2,1H3,(H,20,21). The second-order valence-electron chi connectivity index (χ2n) is 5.22. The topological polar surface area (TPSA) is 55.4 Å². The van der Waals surface area contributed by atoms with Crippen molar-refractivity contribution in [2.24, 2.45) is 0 Å². The van der Waals surface area contributed by atoms with Gasteiger partial charge in [-0.25, -0.2) is 4.79 Å². The zero-order valence-corrected chi connectivity index (χ0v) is 13.2. The third-order valence-electron chi connectivity index (χ3n) is 3.41. The fourth-order valence-corrected chi connectivity index (χ4v) is 2.10. The Hall–Kier alpha value is -2.62. The molecule has 0 heterocycles. The number of benzene rings is 2. The van der Waals surface area contributed by atoms with Crippen LogP contribution in [-0.4, -0.2) is 25.0 Å². The van der Waals surface area contributed by atoms with Gasteiger partial charge in [0.1, 0.15) is 0 Å². The van der Waals surface area contributed by atoms with Crippen molar-refractivity contribution in [2.45, 2.75) is 19.8 Å². The van der Waals surface area contributed by atoms with Crippen LogP contribution in [0.4, 0.5) is 0 Å². The maximum absolute atomic E-state index is 11.9. The molecule has 0 saturated carbocycles. The highest BCUT2D eigenvalue weighted by molar-refractivity contribution is 5.91. The lowest BCUT2D eigenvalue weighted by atomic mass is 10.0. The van der Waals surface area contributed by atoms with Crippen molar-refractivity contribution in [1.29, 1.82) is 0 Å². The van der Waals surface area contributed by atoms with Gasteiger partial charge in [-0.15, -0.1) is 0 Å². The van der Waals surface area contributed by atoms with Gasteiger partial charge in [-0.2, -0.15) is 0 Å². The number of esters is 1. The van der Waals surface area contributed by atoms with Gasteiger partial charge in [0.25, 0.3) is 5.91 Å². The molecule has 0 atom stereocenters. The summed E-state index contributed by atoms with van der Waals surface area (Å²) < 4.78 is 5.02. The molecule has 4 nitrogen and oxygen atoms in total. The Labute approximate surface area is 136 Å². The third kappa shape index (κ3) is 5.25. The SMILES string of the molecule is CCCCNC(=O)COC(=O)c1ccc(-c2ccccc2)cc1. The van der Waals surface area contributed by atoms with E-state index in [0.717, 1.165) is 24.0 Å². The Bertz CT molecular complexity index is 635. The molecular weight excluding hydrogens is 290 g/mol. The minimum atomic E-state index is -0.491. The zero-order chi connectivity index (χ0) is 16.5. The molecule has 2 rings (SSSR count). The van der Waals surface area contributed by atoms with Crippen LogP contribution in [0.15, 0.2) is 54.6 Å². The largest absolute Gasteiger partial charge is 0.452 e. The minimum absolute atomic E-state index is 0.247. The second-order valence-corrected chi connectivity index (χ2v) is 5.22. The molecule has 2 aromatic rings. The number of amides is 1. The molecular formula is C19H21NO3. The molecule has 2 aromatic carbocycles. The van der Waals surface area contributed by atoms with Crippen LogP contribution >= 0.6 is 0 Å². The second kappa shape index (κ2) is 8.73. The van der Waals surface area contributed by atoms with Crippen LogP contribution in [0.25, 0.3) is 11.1 Å². The van der Waals surface area contributed by atoms with Crippen molar-refractivity contribution >= 4 is 11.9 Å². The summed E-state index contributed by atoms with van der Waals surface area (Å²) in [6, 6.07) is 17.1. The molecule has 4 heteroatoms. The Kier molecular flexibility index (Phi) is 6.36. The Morgan fingerprint density at radius 2 is 1.61 bits per heavy atom. The maximum atomic E-state index is 11.9. The zero-order valence-electron chi connectivity index (χ0n) is 13.2. The van der Waals surface area contributed by atoms with Crippen LogP contribution in [0.3, 0.4) is 0 Å². The van der Waals surface area contributed by atoms with E-state index in [4.69, 9.17) is 4.74 Å². The van der Waals surface area contributed by atoms with Crippen LogP contribution in [0.5, 0.6) is 0 Å². The fourth-order valence-electron chi connectivity index (χ4n) is 2.10. The summed E-state index contributed by atoms with van der Waals surface area (Å²) in [6.45, 7) is 2.41. The quantitative estimate of drug-likeness (QED) is 0.629. The highest BCUT2D eigenvalue weighted by Gasteiger charge is 2.10. The first-order valence-electron chi connectivity index (χ1n) is 7.80. The summed E-state index contributed by atoms with van der Waals surface area (Å²) in [7, 11) is 0. The molecule has 0 bridgehead atoms. The molecule has 0 aliphatic carbocycles. The smallest absolute Gasteiger partial charge is 0.338 e. The molecule has 1 amide bonds. The normalized spacial score (nSPS) is 10.1. The lowest BCUT2D eigenvalue weighted by Gasteiger charge is -2.07. The first kappa shape index (κ1) is 16.7. The molecule has 0 fully saturated rings. The van der Waals surface area contributed by atoms with Gasteiger partial charge in [0.05, 0.1) is 5.56 Å². The first-order valence-corrected chi connectivity index (χ1v) is 7.80. The Balaban J connectivity index is 1.87. The van der Waals surface area contributed by atoms with Crippen LogP contribution in [0.1, 0.15) is 30.1 Å². The fraction of sp³-hybridized carbons (Fsp3) is 0.263.